The Balaban J connectivity index is 2.03. The van der Waals surface area contributed by atoms with E-state index in [4.69, 9.17) is 25.1 Å². The number of aliphatic hydroxyl groups is 1. The predicted octanol–water partition coefficient (Wildman–Crippen LogP) is 2.29. The number of methoxy groups -OCH3 is 1. The van der Waals surface area contributed by atoms with Gasteiger partial charge in [0.1, 0.15) is 6.61 Å². The number of nitrogens with two attached hydrogens (primary N) is 1. The number of anilines is 1. The zero-order valence-electron chi connectivity index (χ0n) is 14.1. The summed E-state index contributed by atoms with van der Waals surface area (Å²) in [4.78, 5) is 12.6. The van der Waals surface area contributed by atoms with Gasteiger partial charge in [0.15, 0.2) is 23.1 Å². The average molecular weight is 354 g/mol. The molecule has 0 spiro atoms. The van der Waals surface area contributed by atoms with Crippen LogP contribution in [0.5, 0.6) is 23.1 Å². The van der Waals surface area contributed by atoms with Crippen LogP contribution in [0.4, 0.5) is 5.82 Å². The lowest BCUT2D eigenvalue weighted by atomic mass is 10.2. The average Bonchev–Trinajstić information content (AvgIpc) is 2.69. The van der Waals surface area contributed by atoms with Gasteiger partial charge < -0.3 is 25.1 Å². The van der Waals surface area contributed by atoms with E-state index in [1.54, 1.807) is 42.7 Å². The van der Waals surface area contributed by atoms with Crippen molar-refractivity contribution in [2.75, 3.05) is 26.1 Å². The van der Waals surface area contributed by atoms with Gasteiger partial charge in [-0.05, 0) is 24.3 Å². The summed E-state index contributed by atoms with van der Waals surface area (Å²) in [6.45, 7) is -0.142. The highest BCUT2D eigenvalue weighted by Gasteiger charge is 2.19. The van der Waals surface area contributed by atoms with Crippen LogP contribution in [0.2, 0.25) is 0 Å². The normalized spacial score (nSPS) is 10.4. The maximum atomic E-state index is 9.08. The van der Waals surface area contributed by atoms with Crippen molar-refractivity contribution in [2.24, 2.45) is 0 Å². The highest BCUT2D eigenvalue weighted by molar-refractivity contribution is 5.63. The highest BCUT2D eigenvalue weighted by atomic mass is 16.5. The van der Waals surface area contributed by atoms with Crippen LogP contribution >= 0.6 is 0 Å². The van der Waals surface area contributed by atoms with Crippen LogP contribution in [-0.2, 0) is 0 Å². The zero-order valence-corrected chi connectivity index (χ0v) is 14.1. The first-order valence-corrected chi connectivity index (χ1v) is 7.85. The Kier molecular flexibility index (Phi) is 5.45. The van der Waals surface area contributed by atoms with E-state index in [2.05, 4.69) is 15.0 Å². The summed E-state index contributed by atoms with van der Waals surface area (Å²) in [7, 11) is 1.54. The molecule has 26 heavy (non-hydrogen) atoms. The Morgan fingerprint density at radius 2 is 1.77 bits per heavy atom. The lowest BCUT2D eigenvalue weighted by Gasteiger charge is -2.15. The standard InChI is InChI=1S/C18H18N4O4/c1-24-13-4-2-3-5-14(13)26-15-16(19)21-17(12-6-8-20-9-7-12)22-18(15)25-11-10-23/h2-9,23H,10-11H2,1H3,(H2,19,21,22). The predicted molar refractivity (Wildman–Crippen MR) is 95.3 cm³/mol. The van der Waals surface area contributed by atoms with Crippen molar-refractivity contribution in [1.82, 2.24) is 15.0 Å². The molecule has 8 heteroatoms. The smallest absolute Gasteiger partial charge is 0.263 e. The van der Waals surface area contributed by atoms with Gasteiger partial charge in [-0.15, -0.1) is 0 Å². The summed E-state index contributed by atoms with van der Waals surface area (Å²) in [5, 5.41) is 9.08. The molecule has 0 radical (unpaired) electrons. The molecule has 0 aliphatic rings. The number of aliphatic hydroxyl groups excluding tert-OH is 1. The van der Waals surface area contributed by atoms with Crippen molar-refractivity contribution >= 4 is 5.82 Å². The second-order valence-corrected chi connectivity index (χ2v) is 5.13. The largest absolute Gasteiger partial charge is 0.493 e. The van der Waals surface area contributed by atoms with E-state index in [1.165, 1.54) is 7.11 Å². The lowest BCUT2D eigenvalue weighted by Crippen LogP contribution is -2.08. The van der Waals surface area contributed by atoms with Gasteiger partial charge in [0.25, 0.3) is 5.88 Å². The summed E-state index contributed by atoms with van der Waals surface area (Å²) < 4.78 is 16.6. The maximum absolute atomic E-state index is 9.08. The topological polar surface area (TPSA) is 113 Å². The van der Waals surface area contributed by atoms with Gasteiger partial charge in [0.2, 0.25) is 5.75 Å². The first-order valence-electron chi connectivity index (χ1n) is 7.85. The molecule has 134 valence electrons. The molecule has 3 rings (SSSR count). The molecule has 0 fully saturated rings. The number of pyridine rings is 1. The minimum atomic E-state index is -0.178. The molecular formula is C18H18N4O4. The molecule has 0 atom stereocenters. The number of nitrogen functional groups attached to an aromatic ring is 1. The molecule has 2 heterocycles. The van der Waals surface area contributed by atoms with Gasteiger partial charge >= 0.3 is 0 Å². The van der Waals surface area contributed by atoms with Crippen LogP contribution in [0.1, 0.15) is 0 Å². The van der Waals surface area contributed by atoms with Crippen LogP contribution in [0.3, 0.4) is 0 Å². The first-order chi connectivity index (χ1) is 12.7. The van der Waals surface area contributed by atoms with Crippen molar-refractivity contribution in [1.29, 1.82) is 0 Å². The van der Waals surface area contributed by atoms with E-state index in [9.17, 15) is 0 Å². The number of nitrogens with zero attached hydrogens (tertiary/aromatic N) is 3. The number of aromatic nitrogens is 3. The van der Waals surface area contributed by atoms with Gasteiger partial charge in [0, 0.05) is 18.0 Å². The van der Waals surface area contributed by atoms with Gasteiger partial charge in [-0.1, -0.05) is 12.1 Å². The third-order valence-electron chi connectivity index (χ3n) is 3.41. The Labute approximate surface area is 150 Å². The molecule has 0 aliphatic carbocycles. The van der Waals surface area contributed by atoms with Crippen molar-refractivity contribution in [2.45, 2.75) is 0 Å². The zero-order chi connectivity index (χ0) is 18.4. The molecule has 0 bridgehead atoms. The number of hydrogen-bond donors (Lipinski definition) is 2. The molecule has 3 N–H and O–H groups in total. The van der Waals surface area contributed by atoms with Crippen LogP contribution in [-0.4, -0.2) is 40.4 Å². The molecule has 0 saturated heterocycles. The van der Waals surface area contributed by atoms with Crippen molar-refractivity contribution in [3.63, 3.8) is 0 Å². The quantitative estimate of drug-likeness (QED) is 0.664. The third-order valence-corrected chi connectivity index (χ3v) is 3.41. The monoisotopic (exact) mass is 354 g/mol. The Hall–Kier alpha value is -3.39. The van der Waals surface area contributed by atoms with Crippen molar-refractivity contribution in [3.05, 3.63) is 48.8 Å². The van der Waals surface area contributed by atoms with Crippen LogP contribution in [0, 0.1) is 0 Å². The van der Waals surface area contributed by atoms with Gasteiger partial charge in [0.05, 0.1) is 13.7 Å². The fourth-order valence-corrected chi connectivity index (χ4v) is 2.23. The van der Waals surface area contributed by atoms with E-state index >= 15 is 0 Å². The SMILES string of the molecule is COc1ccccc1Oc1c(N)nc(-c2ccncc2)nc1OCCO. The number of rotatable bonds is 7. The fraction of sp³-hybridized carbons (Fsp3) is 0.167. The van der Waals surface area contributed by atoms with Crippen LogP contribution in [0.15, 0.2) is 48.8 Å². The van der Waals surface area contributed by atoms with Crippen LogP contribution in [0.25, 0.3) is 11.4 Å². The first kappa shape index (κ1) is 17.4. The molecule has 1 aromatic carbocycles. The van der Waals surface area contributed by atoms with Gasteiger partial charge in [-0.25, -0.2) is 4.98 Å². The second kappa shape index (κ2) is 8.13. The van der Waals surface area contributed by atoms with Gasteiger partial charge in [-0.2, -0.15) is 4.98 Å². The molecule has 0 aliphatic heterocycles. The molecule has 0 unspecified atom stereocenters. The number of ether oxygens (including phenoxy) is 3. The fourth-order valence-electron chi connectivity index (χ4n) is 2.23. The highest BCUT2D eigenvalue weighted by Crippen LogP contribution is 2.39. The molecule has 3 aromatic rings. The molecule has 0 saturated carbocycles. The summed E-state index contributed by atoms with van der Waals surface area (Å²) in [5.41, 5.74) is 6.82. The Morgan fingerprint density at radius 3 is 2.46 bits per heavy atom. The van der Waals surface area contributed by atoms with E-state index < -0.39 is 0 Å². The number of benzene rings is 1. The maximum Gasteiger partial charge on any atom is 0.263 e. The summed E-state index contributed by atoms with van der Waals surface area (Å²) in [5.74, 6) is 1.72. The molecular weight excluding hydrogens is 336 g/mol. The summed E-state index contributed by atoms with van der Waals surface area (Å²) in [6.07, 6.45) is 3.25. The van der Waals surface area contributed by atoms with Crippen LogP contribution < -0.4 is 19.9 Å². The van der Waals surface area contributed by atoms with Gasteiger partial charge in [-0.3, -0.25) is 4.98 Å². The number of hydrogen-bond acceptors (Lipinski definition) is 8. The lowest BCUT2D eigenvalue weighted by molar-refractivity contribution is 0.192. The Morgan fingerprint density at radius 1 is 1.04 bits per heavy atom. The molecule has 0 amide bonds. The Bertz CT molecular complexity index is 874. The molecule has 2 aromatic heterocycles. The third kappa shape index (κ3) is 3.81. The van der Waals surface area contributed by atoms with Crippen molar-refractivity contribution < 1.29 is 19.3 Å². The van der Waals surface area contributed by atoms with E-state index in [0.717, 1.165) is 5.56 Å². The molecule has 8 nitrogen and oxygen atoms in total. The van der Waals surface area contributed by atoms with E-state index in [0.29, 0.717) is 17.3 Å². The van der Waals surface area contributed by atoms with Crippen molar-refractivity contribution in [3.8, 4) is 34.5 Å². The van der Waals surface area contributed by atoms with E-state index in [1.807, 2.05) is 6.07 Å². The minimum absolute atomic E-state index is 0.0362. The summed E-state index contributed by atoms with van der Waals surface area (Å²) >= 11 is 0. The summed E-state index contributed by atoms with van der Waals surface area (Å²) in [6, 6.07) is 10.6. The number of para-hydroxylation sites is 2. The minimum Gasteiger partial charge on any atom is -0.493 e. The van der Waals surface area contributed by atoms with E-state index in [-0.39, 0.29) is 30.7 Å². The second-order valence-electron chi connectivity index (χ2n) is 5.13.